The minimum Gasteiger partial charge on any atom is -0.490 e. The number of unbranched alkanes of at least 4 members (excludes halogenated alkanes) is 3. The largest absolute Gasteiger partial charge is 0.490 e. The van der Waals surface area contributed by atoms with Crippen molar-refractivity contribution in [3.63, 3.8) is 0 Å². The van der Waals surface area contributed by atoms with Gasteiger partial charge in [0.25, 0.3) is 0 Å². The van der Waals surface area contributed by atoms with Crippen LogP contribution in [0.25, 0.3) is 0 Å². The number of ether oxygens (including phenoxy) is 2. The summed E-state index contributed by atoms with van der Waals surface area (Å²) in [7, 11) is 0. The first-order chi connectivity index (χ1) is 9.81. The molecule has 4 nitrogen and oxygen atoms in total. The fourth-order valence-corrected chi connectivity index (χ4v) is 2.02. The summed E-state index contributed by atoms with van der Waals surface area (Å²) in [6.07, 6.45) is 4.72. The Morgan fingerprint density at radius 2 is 1.65 bits per heavy atom. The molecule has 4 heteroatoms. The molecule has 1 rings (SSSR count). The lowest BCUT2D eigenvalue weighted by Gasteiger charge is -2.13. The third-order valence-electron chi connectivity index (χ3n) is 3.00. The first-order valence-electron chi connectivity index (χ1n) is 7.65. The Hall–Kier alpha value is -1.42. The molecule has 3 N–H and O–H groups in total. The maximum absolute atomic E-state index is 5.61. The fraction of sp³-hybridized carbons (Fsp3) is 0.625. The molecule has 1 aromatic carbocycles. The summed E-state index contributed by atoms with van der Waals surface area (Å²) >= 11 is 0. The highest BCUT2D eigenvalue weighted by Gasteiger charge is 2.05. The van der Waals surface area contributed by atoms with Crippen molar-refractivity contribution in [2.24, 2.45) is 5.73 Å². The normalized spacial score (nSPS) is 10.3. The minimum absolute atomic E-state index is 0.641. The van der Waals surface area contributed by atoms with Gasteiger partial charge in [-0.15, -0.1) is 0 Å². The summed E-state index contributed by atoms with van der Waals surface area (Å²) < 4.78 is 11.2. The second-order valence-electron chi connectivity index (χ2n) is 4.66. The van der Waals surface area contributed by atoms with E-state index >= 15 is 0 Å². The number of nitrogens with two attached hydrogens (primary N) is 1. The first-order valence-corrected chi connectivity index (χ1v) is 7.65. The highest BCUT2D eigenvalue weighted by molar-refractivity contribution is 5.54. The minimum atomic E-state index is 0.641. The van der Waals surface area contributed by atoms with Crippen LogP contribution in [0, 0.1) is 0 Å². The molecular formula is C16H28N2O2. The van der Waals surface area contributed by atoms with Crippen LogP contribution < -0.4 is 20.5 Å². The highest BCUT2D eigenvalue weighted by Crippen LogP contribution is 2.30. The van der Waals surface area contributed by atoms with Crippen LogP contribution in [0.1, 0.15) is 39.5 Å². The van der Waals surface area contributed by atoms with Crippen molar-refractivity contribution in [1.82, 2.24) is 0 Å². The van der Waals surface area contributed by atoms with E-state index in [9.17, 15) is 0 Å². The number of benzene rings is 1. The van der Waals surface area contributed by atoms with Gasteiger partial charge in [0.15, 0.2) is 11.5 Å². The monoisotopic (exact) mass is 280 g/mol. The predicted molar refractivity (Wildman–Crippen MR) is 84.8 cm³/mol. The van der Waals surface area contributed by atoms with E-state index in [1.165, 1.54) is 12.8 Å². The molecule has 0 aromatic heterocycles. The summed E-state index contributed by atoms with van der Waals surface area (Å²) in [4.78, 5) is 0. The lowest BCUT2D eigenvalue weighted by molar-refractivity contribution is 0.288. The highest BCUT2D eigenvalue weighted by atomic mass is 16.5. The molecule has 0 radical (unpaired) electrons. The van der Waals surface area contributed by atoms with Gasteiger partial charge in [0, 0.05) is 18.3 Å². The Bertz CT molecular complexity index is 369. The van der Waals surface area contributed by atoms with Gasteiger partial charge in [-0.25, -0.2) is 0 Å². The van der Waals surface area contributed by atoms with Gasteiger partial charge < -0.3 is 20.5 Å². The van der Waals surface area contributed by atoms with Gasteiger partial charge in [0.05, 0.1) is 13.2 Å². The molecular weight excluding hydrogens is 252 g/mol. The molecule has 0 saturated carbocycles. The molecule has 0 aliphatic rings. The van der Waals surface area contributed by atoms with Gasteiger partial charge >= 0.3 is 0 Å². The molecule has 0 heterocycles. The average Bonchev–Trinajstić information content (AvgIpc) is 2.46. The van der Waals surface area contributed by atoms with Gasteiger partial charge in [-0.1, -0.05) is 12.8 Å². The van der Waals surface area contributed by atoms with E-state index < -0.39 is 0 Å². The van der Waals surface area contributed by atoms with E-state index in [4.69, 9.17) is 15.2 Å². The van der Waals surface area contributed by atoms with Crippen LogP contribution in [0.2, 0.25) is 0 Å². The van der Waals surface area contributed by atoms with E-state index in [1.807, 2.05) is 32.0 Å². The molecule has 114 valence electrons. The third kappa shape index (κ3) is 6.15. The average molecular weight is 280 g/mol. The Balaban J connectivity index is 2.43. The molecule has 0 atom stereocenters. The van der Waals surface area contributed by atoms with Crippen LogP contribution in [-0.2, 0) is 0 Å². The maximum Gasteiger partial charge on any atom is 0.163 e. The van der Waals surface area contributed by atoms with Crippen LogP contribution in [0.15, 0.2) is 18.2 Å². The predicted octanol–water partition coefficient (Wildman–Crippen LogP) is 3.42. The van der Waals surface area contributed by atoms with Crippen LogP contribution >= 0.6 is 0 Å². The molecule has 0 unspecified atom stereocenters. The number of hydrogen-bond donors (Lipinski definition) is 2. The maximum atomic E-state index is 5.61. The first kappa shape index (κ1) is 16.6. The quantitative estimate of drug-likeness (QED) is 0.610. The smallest absolute Gasteiger partial charge is 0.163 e. The molecule has 20 heavy (non-hydrogen) atoms. The number of rotatable bonds is 11. The van der Waals surface area contributed by atoms with Crippen molar-refractivity contribution >= 4 is 5.69 Å². The second-order valence-corrected chi connectivity index (χ2v) is 4.66. The molecule has 0 spiro atoms. The zero-order valence-corrected chi connectivity index (χ0v) is 12.8. The van der Waals surface area contributed by atoms with Crippen molar-refractivity contribution in [2.75, 3.05) is 31.6 Å². The standard InChI is InChI=1S/C16H28N2O2/c1-3-19-15-10-9-14(13-16(15)20-4-2)18-12-8-6-5-7-11-17/h9-10,13,18H,3-8,11-12,17H2,1-2H3. The zero-order chi connectivity index (χ0) is 14.6. The van der Waals surface area contributed by atoms with Crippen molar-refractivity contribution in [2.45, 2.75) is 39.5 Å². The SMILES string of the molecule is CCOc1ccc(NCCCCCCN)cc1OCC. The summed E-state index contributed by atoms with van der Waals surface area (Å²) in [5.41, 5.74) is 6.56. The van der Waals surface area contributed by atoms with Crippen molar-refractivity contribution in [1.29, 1.82) is 0 Å². The molecule has 0 aliphatic carbocycles. The number of hydrogen-bond acceptors (Lipinski definition) is 4. The number of nitrogens with one attached hydrogen (secondary N) is 1. The van der Waals surface area contributed by atoms with Gasteiger partial charge in [-0.3, -0.25) is 0 Å². The van der Waals surface area contributed by atoms with Gasteiger partial charge in [-0.05, 0) is 45.4 Å². The summed E-state index contributed by atoms with van der Waals surface area (Å²) in [5.74, 6) is 1.62. The Morgan fingerprint density at radius 1 is 0.950 bits per heavy atom. The molecule has 0 fully saturated rings. The molecule has 0 amide bonds. The molecule has 1 aromatic rings. The topological polar surface area (TPSA) is 56.5 Å². The second kappa shape index (κ2) is 10.4. The van der Waals surface area contributed by atoms with Gasteiger partial charge in [0.1, 0.15) is 0 Å². The third-order valence-corrected chi connectivity index (χ3v) is 3.00. The Morgan fingerprint density at radius 3 is 2.35 bits per heavy atom. The number of anilines is 1. The lowest BCUT2D eigenvalue weighted by Crippen LogP contribution is -2.04. The van der Waals surface area contributed by atoms with Crippen LogP contribution in [0.4, 0.5) is 5.69 Å². The summed E-state index contributed by atoms with van der Waals surface area (Å²) in [6.45, 7) is 7.02. The lowest BCUT2D eigenvalue weighted by atomic mass is 10.2. The van der Waals surface area contributed by atoms with Crippen molar-refractivity contribution in [3.8, 4) is 11.5 Å². The van der Waals surface area contributed by atoms with Crippen molar-refractivity contribution in [3.05, 3.63) is 18.2 Å². The van der Waals surface area contributed by atoms with E-state index in [-0.39, 0.29) is 0 Å². The van der Waals surface area contributed by atoms with Crippen LogP contribution in [0.3, 0.4) is 0 Å². The van der Waals surface area contributed by atoms with E-state index in [0.717, 1.165) is 43.1 Å². The summed E-state index contributed by atoms with van der Waals surface area (Å²) in [6, 6.07) is 6.01. The zero-order valence-electron chi connectivity index (χ0n) is 12.8. The van der Waals surface area contributed by atoms with E-state index in [2.05, 4.69) is 5.32 Å². The van der Waals surface area contributed by atoms with Crippen LogP contribution in [0.5, 0.6) is 11.5 Å². The molecule has 0 saturated heterocycles. The van der Waals surface area contributed by atoms with Gasteiger partial charge in [-0.2, -0.15) is 0 Å². The van der Waals surface area contributed by atoms with E-state index in [1.54, 1.807) is 0 Å². The Labute approximate surface area is 122 Å². The van der Waals surface area contributed by atoms with Crippen LogP contribution in [-0.4, -0.2) is 26.3 Å². The molecule has 0 aliphatic heterocycles. The van der Waals surface area contributed by atoms with Gasteiger partial charge in [0.2, 0.25) is 0 Å². The van der Waals surface area contributed by atoms with Crippen molar-refractivity contribution < 1.29 is 9.47 Å². The Kier molecular flexibility index (Phi) is 8.63. The summed E-state index contributed by atoms with van der Waals surface area (Å²) in [5, 5.41) is 3.42. The fourth-order valence-electron chi connectivity index (χ4n) is 2.02. The molecule has 0 bridgehead atoms. The van der Waals surface area contributed by atoms with E-state index in [0.29, 0.717) is 13.2 Å².